The molecule has 1 nitrogen and oxygen atoms in total. The number of hydrogen-bond acceptors (Lipinski definition) is 1. The van der Waals surface area contributed by atoms with Gasteiger partial charge in [-0.25, -0.2) is 4.39 Å². The number of halogens is 2. The predicted molar refractivity (Wildman–Crippen MR) is 77.0 cm³/mol. The van der Waals surface area contributed by atoms with Gasteiger partial charge in [0, 0.05) is 12.6 Å². The van der Waals surface area contributed by atoms with Crippen molar-refractivity contribution in [2.75, 3.05) is 0 Å². The number of hydrogen-bond donors (Lipinski definition) is 1. The van der Waals surface area contributed by atoms with E-state index in [0.717, 1.165) is 18.0 Å². The molecule has 1 aromatic carbocycles. The molecule has 0 aliphatic heterocycles. The van der Waals surface area contributed by atoms with Crippen LogP contribution in [0.5, 0.6) is 0 Å². The summed E-state index contributed by atoms with van der Waals surface area (Å²) < 4.78 is 13.7. The second-order valence-electron chi connectivity index (χ2n) is 5.44. The van der Waals surface area contributed by atoms with E-state index in [2.05, 4.69) is 28.2 Å². The highest BCUT2D eigenvalue weighted by atomic mass is 79.9. The quantitative estimate of drug-likeness (QED) is 0.801. The van der Waals surface area contributed by atoms with Crippen LogP contribution in [0.4, 0.5) is 4.39 Å². The minimum Gasteiger partial charge on any atom is -0.310 e. The van der Waals surface area contributed by atoms with Gasteiger partial charge in [0.1, 0.15) is 5.82 Å². The summed E-state index contributed by atoms with van der Waals surface area (Å²) in [6.07, 6.45) is 6.55. The first kappa shape index (κ1) is 14.0. The minimum atomic E-state index is -0.193. The summed E-state index contributed by atoms with van der Waals surface area (Å²) in [6, 6.07) is 5.86. The molecule has 2 rings (SSSR count). The van der Waals surface area contributed by atoms with Gasteiger partial charge in [-0.2, -0.15) is 0 Å². The predicted octanol–water partition coefficient (Wildman–Crippen LogP) is 4.65. The van der Waals surface area contributed by atoms with Gasteiger partial charge in [-0.15, -0.1) is 0 Å². The lowest BCUT2D eigenvalue weighted by Gasteiger charge is -2.16. The Morgan fingerprint density at radius 1 is 1.28 bits per heavy atom. The van der Waals surface area contributed by atoms with Gasteiger partial charge in [-0.05, 0) is 58.8 Å². The molecule has 1 aliphatic carbocycles. The third-order valence-electron chi connectivity index (χ3n) is 3.84. The van der Waals surface area contributed by atoms with Crippen LogP contribution in [0.3, 0.4) is 0 Å². The number of rotatable bonds is 3. The zero-order valence-electron chi connectivity index (χ0n) is 10.9. The molecular weight excluding hydrogens is 293 g/mol. The minimum absolute atomic E-state index is 0.193. The van der Waals surface area contributed by atoms with Crippen LogP contribution in [-0.2, 0) is 6.54 Å². The molecule has 1 aliphatic rings. The maximum Gasteiger partial charge on any atom is 0.137 e. The normalized spacial score (nSPS) is 24.8. The van der Waals surface area contributed by atoms with E-state index in [1.165, 1.54) is 38.2 Å². The second-order valence-corrected chi connectivity index (χ2v) is 6.29. The van der Waals surface area contributed by atoms with Crippen LogP contribution in [0.15, 0.2) is 22.7 Å². The Kier molecular flexibility index (Phi) is 5.19. The van der Waals surface area contributed by atoms with Crippen molar-refractivity contribution in [3.63, 3.8) is 0 Å². The van der Waals surface area contributed by atoms with Crippen molar-refractivity contribution in [1.29, 1.82) is 0 Å². The lowest BCUT2D eigenvalue weighted by molar-refractivity contribution is 0.447. The Balaban J connectivity index is 1.85. The third kappa shape index (κ3) is 4.06. The van der Waals surface area contributed by atoms with Crippen LogP contribution in [-0.4, -0.2) is 6.04 Å². The molecule has 3 heteroatoms. The molecule has 100 valence electrons. The van der Waals surface area contributed by atoms with Crippen molar-refractivity contribution in [3.8, 4) is 0 Å². The third-order valence-corrected chi connectivity index (χ3v) is 4.44. The van der Waals surface area contributed by atoms with Crippen LogP contribution < -0.4 is 5.32 Å². The van der Waals surface area contributed by atoms with Gasteiger partial charge in [-0.3, -0.25) is 0 Å². The lowest BCUT2D eigenvalue weighted by atomic mass is 10.0. The first-order valence-electron chi connectivity index (χ1n) is 6.82. The first-order valence-corrected chi connectivity index (χ1v) is 7.62. The molecule has 0 heterocycles. The Morgan fingerprint density at radius 3 is 2.89 bits per heavy atom. The molecule has 0 aromatic heterocycles. The molecule has 1 aromatic rings. The fourth-order valence-electron chi connectivity index (χ4n) is 2.60. The smallest absolute Gasteiger partial charge is 0.137 e. The lowest BCUT2D eigenvalue weighted by Crippen LogP contribution is -2.27. The molecule has 1 fully saturated rings. The molecule has 0 bridgehead atoms. The Morgan fingerprint density at radius 2 is 2.11 bits per heavy atom. The molecule has 0 saturated heterocycles. The fraction of sp³-hybridized carbons (Fsp3) is 0.600. The SMILES string of the molecule is CC1CCCC(NCc2ccc(F)c(Br)c2)CC1. The summed E-state index contributed by atoms with van der Waals surface area (Å²) in [4.78, 5) is 0. The summed E-state index contributed by atoms with van der Waals surface area (Å²) in [5.41, 5.74) is 1.14. The van der Waals surface area contributed by atoms with E-state index in [-0.39, 0.29) is 5.82 Å². The molecule has 2 atom stereocenters. The fourth-order valence-corrected chi connectivity index (χ4v) is 3.03. The summed E-state index contributed by atoms with van der Waals surface area (Å²) in [5, 5.41) is 3.60. The zero-order valence-corrected chi connectivity index (χ0v) is 12.5. The molecule has 1 N–H and O–H groups in total. The molecule has 1 saturated carbocycles. The van der Waals surface area contributed by atoms with Crippen LogP contribution in [0.2, 0.25) is 0 Å². The number of nitrogens with one attached hydrogen (secondary N) is 1. The largest absolute Gasteiger partial charge is 0.310 e. The van der Waals surface area contributed by atoms with E-state index in [0.29, 0.717) is 10.5 Å². The zero-order chi connectivity index (χ0) is 13.0. The maximum atomic E-state index is 13.1. The van der Waals surface area contributed by atoms with E-state index < -0.39 is 0 Å². The van der Waals surface area contributed by atoms with E-state index >= 15 is 0 Å². The van der Waals surface area contributed by atoms with Crippen LogP contribution in [0, 0.1) is 11.7 Å². The summed E-state index contributed by atoms with van der Waals surface area (Å²) >= 11 is 3.23. The molecule has 0 spiro atoms. The first-order chi connectivity index (χ1) is 8.65. The van der Waals surface area contributed by atoms with Gasteiger partial charge in [-0.1, -0.05) is 25.8 Å². The average Bonchev–Trinajstić information content (AvgIpc) is 2.56. The summed E-state index contributed by atoms with van der Waals surface area (Å²) in [5.74, 6) is 0.679. The summed E-state index contributed by atoms with van der Waals surface area (Å²) in [7, 11) is 0. The van der Waals surface area contributed by atoms with E-state index in [1.807, 2.05) is 12.1 Å². The van der Waals surface area contributed by atoms with Crippen molar-refractivity contribution in [3.05, 3.63) is 34.1 Å². The molecule has 18 heavy (non-hydrogen) atoms. The highest BCUT2D eigenvalue weighted by Crippen LogP contribution is 2.23. The Bertz CT molecular complexity index is 394. The second kappa shape index (κ2) is 6.67. The van der Waals surface area contributed by atoms with E-state index in [9.17, 15) is 4.39 Å². The van der Waals surface area contributed by atoms with Gasteiger partial charge in [0.15, 0.2) is 0 Å². The van der Waals surface area contributed by atoms with Gasteiger partial charge < -0.3 is 5.32 Å². The standard InChI is InChI=1S/C15H21BrFN/c1-11-3-2-4-13(7-5-11)18-10-12-6-8-15(17)14(16)9-12/h6,8-9,11,13,18H,2-5,7,10H2,1H3. The Hall–Kier alpha value is -0.410. The van der Waals surface area contributed by atoms with E-state index in [4.69, 9.17) is 0 Å². The monoisotopic (exact) mass is 313 g/mol. The molecule has 2 unspecified atom stereocenters. The molecular formula is C15H21BrFN. The highest BCUT2D eigenvalue weighted by Gasteiger charge is 2.15. The highest BCUT2D eigenvalue weighted by molar-refractivity contribution is 9.10. The molecule has 0 amide bonds. The van der Waals surface area contributed by atoms with Crippen LogP contribution in [0.25, 0.3) is 0 Å². The van der Waals surface area contributed by atoms with Crippen LogP contribution >= 0.6 is 15.9 Å². The van der Waals surface area contributed by atoms with Gasteiger partial charge in [0.25, 0.3) is 0 Å². The van der Waals surface area contributed by atoms with Crippen molar-refractivity contribution < 1.29 is 4.39 Å². The van der Waals surface area contributed by atoms with Gasteiger partial charge in [0.05, 0.1) is 4.47 Å². The average molecular weight is 314 g/mol. The van der Waals surface area contributed by atoms with Crippen molar-refractivity contribution >= 4 is 15.9 Å². The van der Waals surface area contributed by atoms with Gasteiger partial charge in [0.2, 0.25) is 0 Å². The maximum absolute atomic E-state index is 13.1. The van der Waals surface area contributed by atoms with E-state index in [1.54, 1.807) is 0 Å². The van der Waals surface area contributed by atoms with Crippen molar-refractivity contribution in [2.45, 2.75) is 51.6 Å². The van der Waals surface area contributed by atoms with Crippen LogP contribution in [0.1, 0.15) is 44.6 Å². The Labute approximate surface area is 117 Å². The summed E-state index contributed by atoms with van der Waals surface area (Å²) in [6.45, 7) is 3.18. The molecule has 0 radical (unpaired) electrons. The topological polar surface area (TPSA) is 12.0 Å². The van der Waals surface area contributed by atoms with Crippen molar-refractivity contribution in [2.24, 2.45) is 5.92 Å². The number of benzene rings is 1. The van der Waals surface area contributed by atoms with Crippen molar-refractivity contribution in [1.82, 2.24) is 5.32 Å². The van der Waals surface area contributed by atoms with Gasteiger partial charge >= 0.3 is 0 Å².